The van der Waals surface area contributed by atoms with Gasteiger partial charge >= 0.3 is 12.3 Å². The summed E-state index contributed by atoms with van der Waals surface area (Å²) in [4.78, 5) is 16.4. The highest BCUT2D eigenvalue weighted by atomic mass is 19.4. The summed E-state index contributed by atoms with van der Waals surface area (Å²) in [5, 5.41) is 0. The molecular formula is C14H10F3NO3. The maximum Gasteiger partial charge on any atom is 0.573 e. The van der Waals surface area contributed by atoms with Crippen molar-refractivity contribution in [3.63, 3.8) is 0 Å². The van der Waals surface area contributed by atoms with E-state index in [1.165, 1.54) is 12.1 Å². The van der Waals surface area contributed by atoms with E-state index in [0.29, 0.717) is 11.3 Å². The van der Waals surface area contributed by atoms with Crippen LogP contribution in [0.2, 0.25) is 0 Å². The minimum absolute atomic E-state index is 0.314. The molecule has 2 aromatic carbocycles. The molecule has 0 spiro atoms. The molecule has 0 saturated carbocycles. The lowest BCUT2D eigenvalue weighted by atomic mass is 10.2. The number of halogens is 3. The van der Waals surface area contributed by atoms with Crippen molar-refractivity contribution in [3.05, 3.63) is 60.2 Å². The van der Waals surface area contributed by atoms with Gasteiger partial charge in [-0.3, -0.25) is 0 Å². The van der Waals surface area contributed by atoms with Gasteiger partial charge in [-0.15, -0.1) is 13.2 Å². The van der Waals surface area contributed by atoms with Gasteiger partial charge in [-0.05, 0) is 36.4 Å². The predicted molar refractivity (Wildman–Crippen MR) is 68.6 cm³/mol. The molecule has 0 saturated heterocycles. The minimum Gasteiger partial charge on any atom is -0.406 e. The normalized spacial score (nSPS) is 10.8. The zero-order valence-electron chi connectivity index (χ0n) is 10.6. The quantitative estimate of drug-likeness (QED) is 0.873. The smallest absolute Gasteiger partial charge is 0.406 e. The van der Waals surface area contributed by atoms with E-state index in [1.54, 1.807) is 30.3 Å². The van der Waals surface area contributed by atoms with E-state index in [1.807, 2.05) is 0 Å². The lowest BCUT2D eigenvalue weighted by molar-refractivity contribution is -0.274. The summed E-state index contributed by atoms with van der Waals surface area (Å²) in [6, 6.07) is 13.1. The van der Waals surface area contributed by atoms with E-state index in [2.05, 4.69) is 10.2 Å². The van der Waals surface area contributed by atoms with E-state index in [9.17, 15) is 18.0 Å². The zero-order chi connectivity index (χ0) is 15.3. The van der Waals surface area contributed by atoms with E-state index in [-0.39, 0.29) is 5.75 Å². The van der Waals surface area contributed by atoms with Crippen LogP contribution in [0.25, 0.3) is 0 Å². The van der Waals surface area contributed by atoms with Gasteiger partial charge in [0.2, 0.25) is 0 Å². The molecule has 0 aliphatic heterocycles. The largest absolute Gasteiger partial charge is 0.573 e. The SMILES string of the molecule is O=C(ONc1ccc(OC(F)(F)F)cc1)c1ccccc1. The molecule has 4 nitrogen and oxygen atoms in total. The Labute approximate surface area is 118 Å². The van der Waals surface area contributed by atoms with Gasteiger partial charge in [-0.2, -0.15) is 0 Å². The Balaban J connectivity index is 1.91. The summed E-state index contributed by atoms with van der Waals surface area (Å²) in [5.74, 6) is -0.964. The molecule has 110 valence electrons. The van der Waals surface area contributed by atoms with Gasteiger partial charge in [0.25, 0.3) is 0 Å². The number of anilines is 1. The highest BCUT2D eigenvalue weighted by Crippen LogP contribution is 2.23. The van der Waals surface area contributed by atoms with Crippen molar-refractivity contribution in [3.8, 4) is 5.75 Å². The number of alkyl halides is 3. The summed E-state index contributed by atoms with van der Waals surface area (Å²) in [5.41, 5.74) is 3.01. The molecule has 0 radical (unpaired) electrons. The minimum atomic E-state index is -4.74. The van der Waals surface area contributed by atoms with Crippen LogP contribution in [0.1, 0.15) is 10.4 Å². The Hall–Kier alpha value is -2.70. The average molecular weight is 297 g/mol. The van der Waals surface area contributed by atoms with Crippen LogP contribution in [-0.2, 0) is 4.84 Å². The number of rotatable bonds is 4. The van der Waals surface area contributed by atoms with Gasteiger partial charge in [0, 0.05) is 0 Å². The molecule has 0 amide bonds. The molecule has 0 unspecified atom stereocenters. The monoisotopic (exact) mass is 297 g/mol. The molecular weight excluding hydrogens is 287 g/mol. The van der Waals surface area contributed by atoms with E-state index in [0.717, 1.165) is 12.1 Å². The second-order valence-electron chi connectivity index (χ2n) is 3.93. The first-order valence-electron chi connectivity index (χ1n) is 5.82. The van der Waals surface area contributed by atoms with Gasteiger partial charge in [0.1, 0.15) is 5.75 Å². The topological polar surface area (TPSA) is 47.6 Å². The summed E-state index contributed by atoms with van der Waals surface area (Å²) in [6.45, 7) is 0. The van der Waals surface area contributed by atoms with Gasteiger partial charge in [-0.1, -0.05) is 18.2 Å². The van der Waals surface area contributed by atoms with Crippen molar-refractivity contribution in [2.45, 2.75) is 6.36 Å². The fraction of sp³-hybridized carbons (Fsp3) is 0.0714. The van der Waals surface area contributed by atoms with Crippen LogP contribution in [0.15, 0.2) is 54.6 Å². The fourth-order valence-corrected chi connectivity index (χ4v) is 1.46. The molecule has 0 aromatic heterocycles. The molecule has 0 bridgehead atoms. The van der Waals surface area contributed by atoms with Crippen molar-refractivity contribution in [1.29, 1.82) is 0 Å². The summed E-state index contributed by atoms with van der Waals surface area (Å²) in [7, 11) is 0. The van der Waals surface area contributed by atoms with E-state index >= 15 is 0 Å². The van der Waals surface area contributed by atoms with Crippen LogP contribution in [-0.4, -0.2) is 12.3 Å². The third-order valence-electron chi connectivity index (χ3n) is 2.36. The number of carbonyl (C=O) groups excluding carboxylic acids is 1. The molecule has 0 aliphatic rings. The van der Waals surface area contributed by atoms with Crippen LogP contribution in [0, 0.1) is 0 Å². The lowest BCUT2D eigenvalue weighted by Gasteiger charge is -2.10. The molecule has 1 N–H and O–H groups in total. The molecule has 0 heterocycles. The third kappa shape index (κ3) is 4.72. The molecule has 0 fully saturated rings. The van der Waals surface area contributed by atoms with E-state index < -0.39 is 12.3 Å². The first-order valence-corrected chi connectivity index (χ1v) is 5.82. The molecule has 2 aromatic rings. The van der Waals surface area contributed by atoms with Crippen LogP contribution < -0.4 is 10.2 Å². The van der Waals surface area contributed by atoms with Gasteiger partial charge in [-0.25, -0.2) is 10.3 Å². The van der Waals surface area contributed by atoms with Crippen molar-refractivity contribution in [2.24, 2.45) is 0 Å². The van der Waals surface area contributed by atoms with Crippen LogP contribution in [0.3, 0.4) is 0 Å². The number of benzene rings is 2. The molecule has 0 aliphatic carbocycles. The maximum atomic E-state index is 12.0. The standard InChI is InChI=1S/C14H10F3NO3/c15-14(16,17)20-12-8-6-11(7-9-12)18-21-13(19)10-4-2-1-3-5-10/h1-9,18H. The number of hydrogen-bond donors (Lipinski definition) is 1. The van der Waals surface area contributed by atoms with Crippen molar-refractivity contribution >= 4 is 11.7 Å². The molecule has 2 rings (SSSR count). The Bertz CT molecular complexity index is 597. The van der Waals surface area contributed by atoms with Crippen molar-refractivity contribution < 1.29 is 27.5 Å². The Morgan fingerprint density at radius 2 is 1.57 bits per heavy atom. The fourth-order valence-electron chi connectivity index (χ4n) is 1.46. The summed E-state index contributed by atoms with van der Waals surface area (Å²) >= 11 is 0. The lowest BCUT2D eigenvalue weighted by Crippen LogP contribution is -2.17. The first kappa shape index (κ1) is 14.7. The second kappa shape index (κ2) is 6.17. The van der Waals surface area contributed by atoms with Gasteiger partial charge in [0.15, 0.2) is 0 Å². The molecule has 0 atom stereocenters. The summed E-state index contributed by atoms with van der Waals surface area (Å²) in [6.07, 6.45) is -4.74. The van der Waals surface area contributed by atoms with Crippen LogP contribution in [0.5, 0.6) is 5.75 Å². The highest BCUT2D eigenvalue weighted by molar-refractivity contribution is 5.89. The zero-order valence-corrected chi connectivity index (χ0v) is 10.6. The van der Waals surface area contributed by atoms with Gasteiger partial charge < -0.3 is 9.57 Å². The number of nitrogens with one attached hydrogen (secondary N) is 1. The van der Waals surface area contributed by atoms with Crippen molar-refractivity contribution in [1.82, 2.24) is 0 Å². The third-order valence-corrected chi connectivity index (χ3v) is 2.36. The molecule has 7 heteroatoms. The van der Waals surface area contributed by atoms with Crippen LogP contribution in [0.4, 0.5) is 18.9 Å². The van der Waals surface area contributed by atoms with E-state index in [4.69, 9.17) is 4.84 Å². The average Bonchev–Trinajstić information content (AvgIpc) is 2.45. The Morgan fingerprint density at radius 3 is 2.14 bits per heavy atom. The Kier molecular flexibility index (Phi) is 4.32. The van der Waals surface area contributed by atoms with Crippen LogP contribution >= 0.6 is 0 Å². The first-order chi connectivity index (χ1) is 9.94. The van der Waals surface area contributed by atoms with Gasteiger partial charge in [0.05, 0.1) is 11.3 Å². The Morgan fingerprint density at radius 1 is 0.952 bits per heavy atom. The molecule has 21 heavy (non-hydrogen) atoms. The number of carbonyl (C=O) groups is 1. The highest BCUT2D eigenvalue weighted by Gasteiger charge is 2.30. The number of hydrogen-bond acceptors (Lipinski definition) is 4. The maximum absolute atomic E-state index is 12.0. The summed E-state index contributed by atoms with van der Waals surface area (Å²) < 4.78 is 39.6. The number of ether oxygens (including phenoxy) is 1. The van der Waals surface area contributed by atoms with Crippen molar-refractivity contribution in [2.75, 3.05) is 5.48 Å². The predicted octanol–water partition coefficient (Wildman–Crippen LogP) is 3.77. The second-order valence-corrected chi connectivity index (χ2v) is 3.93.